The summed E-state index contributed by atoms with van der Waals surface area (Å²) in [6.45, 7) is 4.51. The van der Waals surface area contributed by atoms with Crippen molar-refractivity contribution in [2.24, 2.45) is 10.9 Å². The third-order valence-electron chi connectivity index (χ3n) is 5.60. The highest BCUT2D eigenvalue weighted by Crippen LogP contribution is 2.47. The highest BCUT2D eigenvalue weighted by atomic mass is 32.1. The first kappa shape index (κ1) is 18.8. The zero-order chi connectivity index (χ0) is 21.0. The Morgan fingerprint density at radius 2 is 2.17 bits per heavy atom. The molecule has 0 unspecified atom stereocenters. The average Bonchev–Trinajstić information content (AvgIpc) is 3.30. The van der Waals surface area contributed by atoms with Crippen molar-refractivity contribution in [3.8, 4) is 5.75 Å². The number of para-hydroxylation sites is 1. The van der Waals surface area contributed by atoms with Gasteiger partial charge in [0.05, 0.1) is 23.4 Å². The number of benzene rings is 1. The van der Waals surface area contributed by atoms with Gasteiger partial charge in [-0.1, -0.05) is 29.5 Å². The number of methoxy groups -OCH3 is 1. The Morgan fingerprint density at radius 3 is 2.90 bits per heavy atom. The monoisotopic (exact) mass is 424 g/mol. The Hall–Kier alpha value is -3.20. The second-order valence-electron chi connectivity index (χ2n) is 7.42. The molecule has 0 aliphatic carbocycles. The smallest absolute Gasteiger partial charge is 0.317 e. The lowest BCUT2D eigenvalue weighted by molar-refractivity contribution is -0.158. The quantitative estimate of drug-likeness (QED) is 0.587. The standard InChI is InChI=1S/C21H20N4O4S/c1-4-24-10-9-12(23-24)11-15-18(26)25-17-13-7-5-6-8-14(13)29-21(2,22-20(25)30-15)16(17)19(27)28-3/h5-11,16-17H,4H2,1-3H3/b15-11+/t16-,17-,21+/m0/s1. The summed E-state index contributed by atoms with van der Waals surface area (Å²) >= 11 is 1.27. The maximum Gasteiger partial charge on any atom is 0.317 e. The molecule has 0 radical (unpaired) electrons. The van der Waals surface area contributed by atoms with Crippen molar-refractivity contribution in [3.05, 3.63) is 67.5 Å². The van der Waals surface area contributed by atoms with E-state index in [0.717, 1.165) is 12.1 Å². The summed E-state index contributed by atoms with van der Waals surface area (Å²) in [7, 11) is 1.34. The molecule has 2 bridgehead atoms. The fraction of sp³-hybridized carbons (Fsp3) is 0.333. The van der Waals surface area contributed by atoms with Crippen molar-refractivity contribution < 1.29 is 14.3 Å². The Kier molecular flexibility index (Phi) is 4.18. The molecule has 30 heavy (non-hydrogen) atoms. The molecule has 0 amide bonds. The third-order valence-corrected chi connectivity index (χ3v) is 6.58. The normalized spacial score (nSPS) is 24.4. The lowest BCUT2D eigenvalue weighted by Crippen LogP contribution is -2.58. The molecule has 1 aromatic carbocycles. The first-order valence-corrected chi connectivity index (χ1v) is 10.5. The summed E-state index contributed by atoms with van der Waals surface area (Å²) in [6, 6.07) is 8.73. The molecule has 2 aromatic heterocycles. The number of rotatable bonds is 3. The van der Waals surface area contributed by atoms with E-state index in [4.69, 9.17) is 14.5 Å². The van der Waals surface area contributed by atoms with E-state index < -0.39 is 23.7 Å². The van der Waals surface area contributed by atoms with Gasteiger partial charge in [0.1, 0.15) is 11.7 Å². The van der Waals surface area contributed by atoms with Gasteiger partial charge < -0.3 is 9.47 Å². The number of nitrogens with zero attached hydrogens (tertiary/aromatic N) is 4. The van der Waals surface area contributed by atoms with Crippen molar-refractivity contribution in [2.45, 2.75) is 32.2 Å². The molecule has 0 N–H and O–H groups in total. The van der Waals surface area contributed by atoms with Crippen LogP contribution in [0, 0.1) is 5.92 Å². The third kappa shape index (κ3) is 2.65. The number of esters is 1. The van der Waals surface area contributed by atoms with E-state index in [0.29, 0.717) is 20.8 Å². The molecule has 5 rings (SSSR count). The van der Waals surface area contributed by atoms with Crippen molar-refractivity contribution in [3.63, 3.8) is 0 Å². The predicted molar refractivity (Wildman–Crippen MR) is 110 cm³/mol. The SMILES string of the molecule is CCn1ccc(/C=c2/sc3n(c2=O)[C@H]2c4ccccc4O[C@@](C)(N=3)[C@@H]2C(=O)OC)n1. The number of hydrogen-bond acceptors (Lipinski definition) is 7. The van der Waals surface area contributed by atoms with E-state index in [1.165, 1.54) is 18.4 Å². The molecule has 9 heteroatoms. The van der Waals surface area contributed by atoms with Crippen LogP contribution in [-0.4, -0.2) is 33.2 Å². The van der Waals surface area contributed by atoms with Gasteiger partial charge in [-0.2, -0.15) is 5.10 Å². The Morgan fingerprint density at radius 1 is 1.37 bits per heavy atom. The Bertz CT molecular complexity index is 1340. The summed E-state index contributed by atoms with van der Waals surface area (Å²) < 4.78 is 15.1. The van der Waals surface area contributed by atoms with E-state index in [-0.39, 0.29) is 5.56 Å². The summed E-state index contributed by atoms with van der Waals surface area (Å²) in [4.78, 5) is 31.4. The van der Waals surface area contributed by atoms with Gasteiger partial charge in [-0.15, -0.1) is 0 Å². The number of ether oxygens (including phenoxy) is 2. The molecule has 154 valence electrons. The van der Waals surface area contributed by atoms with Crippen LogP contribution in [-0.2, 0) is 16.1 Å². The highest BCUT2D eigenvalue weighted by Gasteiger charge is 2.55. The van der Waals surface area contributed by atoms with Crippen LogP contribution in [0.4, 0.5) is 0 Å². The van der Waals surface area contributed by atoms with Crippen LogP contribution < -0.4 is 19.6 Å². The maximum atomic E-state index is 13.4. The molecule has 2 aliphatic rings. The fourth-order valence-electron chi connectivity index (χ4n) is 4.20. The summed E-state index contributed by atoms with van der Waals surface area (Å²) in [5, 5.41) is 4.43. The topological polar surface area (TPSA) is 87.7 Å². The highest BCUT2D eigenvalue weighted by molar-refractivity contribution is 7.07. The first-order chi connectivity index (χ1) is 14.4. The number of aromatic nitrogens is 3. The molecule has 0 saturated heterocycles. The minimum atomic E-state index is -1.16. The lowest BCUT2D eigenvalue weighted by Gasteiger charge is -2.44. The van der Waals surface area contributed by atoms with Crippen LogP contribution in [0.25, 0.3) is 6.08 Å². The molecule has 0 saturated carbocycles. The zero-order valence-electron chi connectivity index (χ0n) is 16.7. The van der Waals surface area contributed by atoms with E-state index in [9.17, 15) is 9.59 Å². The molecule has 0 fully saturated rings. The molecule has 2 aliphatic heterocycles. The minimum Gasteiger partial charge on any atom is -0.469 e. The Balaban J connectivity index is 1.77. The largest absolute Gasteiger partial charge is 0.469 e. The minimum absolute atomic E-state index is 0.206. The molecular formula is C21H20N4O4S. The molecule has 3 atom stereocenters. The van der Waals surface area contributed by atoms with Crippen LogP contribution in [0.1, 0.15) is 31.1 Å². The molecular weight excluding hydrogens is 404 g/mol. The summed E-state index contributed by atoms with van der Waals surface area (Å²) in [5.41, 5.74) is 0.0963. The summed E-state index contributed by atoms with van der Waals surface area (Å²) in [6.07, 6.45) is 3.62. The van der Waals surface area contributed by atoms with Crippen molar-refractivity contribution >= 4 is 23.4 Å². The number of carbonyl (C=O) groups is 1. The van der Waals surface area contributed by atoms with Gasteiger partial charge in [0.25, 0.3) is 5.56 Å². The first-order valence-electron chi connectivity index (χ1n) is 9.67. The van der Waals surface area contributed by atoms with Gasteiger partial charge in [-0.05, 0) is 32.1 Å². The van der Waals surface area contributed by atoms with Crippen LogP contribution in [0.15, 0.2) is 46.3 Å². The van der Waals surface area contributed by atoms with Crippen LogP contribution >= 0.6 is 11.3 Å². The van der Waals surface area contributed by atoms with Crippen LogP contribution in [0.3, 0.4) is 0 Å². The van der Waals surface area contributed by atoms with Crippen molar-refractivity contribution in [1.29, 1.82) is 0 Å². The van der Waals surface area contributed by atoms with E-state index in [1.807, 2.05) is 43.5 Å². The number of fused-ring (bicyclic) bond motifs is 6. The average molecular weight is 424 g/mol. The fourth-order valence-corrected chi connectivity index (χ4v) is 5.28. The number of hydrogen-bond donors (Lipinski definition) is 0. The van der Waals surface area contributed by atoms with Gasteiger partial charge in [0.2, 0.25) is 5.72 Å². The summed E-state index contributed by atoms with van der Waals surface area (Å²) in [5.74, 6) is -0.619. The van der Waals surface area contributed by atoms with Crippen molar-refractivity contribution in [2.75, 3.05) is 7.11 Å². The number of aryl methyl sites for hydroxylation is 1. The molecule has 0 spiro atoms. The molecule has 4 heterocycles. The predicted octanol–water partition coefficient (Wildman–Crippen LogP) is 1.08. The van der Waals surface area contributed by atoms with Gasteiger partial charge >= 0.3 is 5.97 Å². The van der Waals surface area contributed by atoms with Gasteiger partial charge in [0, 0.05) is 18.3 Å². The molecule has 8 nitrogen and oxygen atoms in total. The molecule has 3 aromatic rings. The van der Waals surface area contributed by atoms with E-state index >= 15 is 0 Å². The Labute approximate surface area is 175 Å². The second-order valence-corrected chi connectivity index (χ2v) is 8.43. The van der Waals surface area contributed by atoms with E-state index in [2.05, 4.69) is 5.10 Å². The van der Waals surface area contributed by atoms with Crippen molar-refractivity contribution in [1.82, 2.24) is 14.3 Å². The second kappa shape index (κ2) is 6.66. The van der Waals surface area contributed by atoms with Crippen LogP contribution in [0.2, 0.25) is 0 Å². The van der Waals surface area contributed by atoms with E-state index in [1.54, 1.807) is 22.2 Å². The van der Waals surface area contributed by atoms with Gasteiger partial charge in [-0.25, -0.2) is 4.99 Å². The van der Waals surface area contributed by atoms with Crippen LogP contribution in [0.5, 0.6) is 5.75 Å². The van der Waals surface area contributed by atoms with Gasteiger partial charge in [0.15, 0.2) is 4.80 Å². The maximum absolute atomic E-state index is 13.4. The zero-order valence-corrected chi connectivity index (χ0v) is 17.5. The number of carbonyl (C=O) groups excluding carboxylic acids is 1. The number of thiazole rings is 1. The van der Waals surface area contributed by atoms with Gasteiger partial charge in [-0.3, -0.25) is 18.8 Å². The lowest BCUT2D eigenvalue weighted by atomic mass is 9.81.